The number of rotatable bonds is 8. The van der Waals surface area contributed by atoms with E-state index in [-0.39, 0.29) is 0 Å². The van der Waals surface area contributed by atoms with Gasteiger partial charge in [-0.1, -0.05) is 57.4 Å². The van der Waals surface area contributed by atoms with Crippen molar-refractivity contribution >= 4 is 0 Å². The molecule has 180 valence electrons. The van der Waals surface area contributed by atoms with Gasteiger partial charge in [0.2, 0.25) is 0 Å². The average Bonchev–Trinajstić information content (AvgIpc) is 2.88. The Labute approximate surface area is 202 Å². The summed E-state index contributed by atoms with van der Waals surface area (Å²) in [5.41, 5.74) is 3.06. The van der Waals surface area contributed by atoms with E-state index in [2.05, 4.69) is 62.4 Å². The Morgan fingerprint density at radius 2 is 1.09 bits per heavy atom. The number of hydrogen-bond acceptors (Lipinski definition) is 2. The number of ether oxygens (including phenoxy) is 2. The van der Waals surface area contributed by atoms with Gasteiger partial charge < -0.3 is 9.47 Å². The third-order valence-corrected chi connectivity index (χ3v) is 8.93. The topological polar surface area (TPSA) is 18.5 Å². The lowest BCUT2D eigenvalue weighted by Gasteiger charge is -2.47. The van der Waals surface area contributed by atoms with E-state index in [0.29, 0.717) is 11.8 Å². The molecule has 2 nitrogen and oxygen atoms in total. The second kappa shape index (κ2) is 11.4. The molecular weight excluding hydrogens is 404 g/mol. The van der Waals surface area contributed by atoms with Gasteiger partial charge in [-0.15, -0.1) is 0 Å². The smallest absolute Gasteiger partial charge is 0.118 e. The standard InChI is InChI=1S/C31H44O2/c1-5-7-23-9-19-29(25-12-16-27(33-4)17-13-25)31(21-23)30-20-22(6-2)8-18-28(30)24-10-14-26(32-3)15-11-24/h10-17,22-23,28-31H,5-9,18-21H2,1-4H3. The molecule has 0 radical (unpaired) electrons. The molecular formula is C31H44O2. The van der Waals surface area contributed by atoms with Gasteiger partial charge >= 0.3 is 0 Å². The fraction of sp³-hybridized carbons (Fsp3) is 0.613. The summed E-state index contributed by atoms with van der Waals surface area (Å²) in [6.45, 7) is 4.76. The molecule has 0 amide bonds. The minimum Gasteiger partial charge on any atom is -0.497 e. The second-order valence-corrected chi connectivity index (χ2v) is 10.6. The fourth-order valence-corrected chi connectivity index (χ4v) is 7.11. The Morgan fingerprint density at radius 1 is 0.636 bits per heavy atom. The van der Waals surface area contributed by atoms with E-state index < -0.39 is 0 Å². The molecule has 33 heavy (non-hydrogen) atoms. The maximum absolute atomic E-state index is 5.46. The fourth-order valence-electron chi connectivity index (χ4n) is 7.11. The van der Waals surface area contributed by atoms with E-state index in [0.717, 1.165) is 35.2 Å². The average molecular weight is 449 g/mol. The van der Waals surface area contributed by atoms with Crippen LogP contribution in [0.3, 0.4) is 0 Å². The lowest BCUT2D eigenvalue weighted by Crippen LogP contribution is -2.36. The number of benzene rings is 2. The van der Waals surface area contributed by atoms with Crippen molar-refractivity contribution in [1.82, 2.24) is 0 Å². The third kappa shape index (κ3) is 5.58. The van der Waals surface area contributed by atoms with Crippen LogP contribution in [0.1, 0.15) is 94.6 Å². The molecule has 2 aromatic rings. The number of hydrogen-bond donors (Lipinski definition) is 0. The predicted octanol–water partition coefficient (Wildman–Crippen LogP) is 8.61. The molecule has 6 unspecified atom stereocenters. The minimum absolute atomic E-state index is 0.671. The predicted molar refractivity (Wildman–Crippen MR) is 138 cm³/mol. The summed E-state index contributed by atoms with van der Waals surface area (Å²) in [5, 5.41) is 0. The first-order valence-corrected chi connectivity index (χ1v) is 13.4. The van der Waals surface area contributed by atoms with Crippen LogP contribution in [0.15, 0.2) is 48.5 Å². The lowest BCUT2D eigenvalue weighted by molar-refractivity contribution is 0.0906. The minimum atomic E-state index is 0.671. The lowest BCUT2D eigenvalue weighted by atomic mass is 9.57. The Hall–Kier alpha value is -1.96. The summed E-state index contributed by atoms with van der Waals surface area (Å²) in [6, 6.07) is 18.1. The van der Waals surface area contributed by atoms with Crippen LogP contribution in [-0.4, -0.2) is 14.2 Å². The summed E-state index contributed by atoms with van der Waals surface area (Å²) in [4.78, 5) is 0. The Morgan fingerprint density at radius 3 is 1.52 bits per heavy atom. The molecule has 2 aromatic carbocycles. The van der Waals surface area contributed by atoms with Crippen LogP contribution in [0.25, 0.3) is 0 Å². The first-order chi connectivity index (χ1) is 16.2. The van der Waals surface area contributed by atoms with E-state index >= 15 is 0 Å². The molecule has 4 rings (SSSR count). The normalized spacial score (nSPS) is 30.1. The largest absolute Gasteiger partial charge is 0.497 e. The van der Waals surface area contributed by atoms with Gasteiger partial charge in [-0.25, -0.2) is 0 Å². The molecule has 0 aliphatic heterocycles. The maximum Gasteiger partial charge on any atom is 0.118 e. The van der Waals surface area contributed by atoms with Crippen molar-refractivity contribution in [3.05, 3.63) is 59.7 Å². The monoisotopic (exact) mass is 448 g/mol. The molecule has 0 bridgehead atoms. The van der Waals surface area contributed by atoms with E-state index in [4.69, 9.17) is 9.47 Å². The SMILES string of the molecule is CCCC1CCC(c2ccc(OC)cc2)C(C2CC(CC)CCC2c2ccc(OC)cc2)C1. The van der Waals surface area contributed by atoms with Crippen LogP contribution in [0.4, 0.5) is 0 Å². The van der Waals surface area contributed by atoms with Crippen molar-refractivity contribution < 1.29 is 9.47 Å². The van der Waals surface area contributed by atoms with Crippen molar-refractivity contribution in [2.75, 3.05) is 14.2 Å². The van der Waals surface area contributed by atoms with Gasteiger partial charge in [0, 0.05) is 0 Å². The maximum atomic E-state index is 5.46. The molecule has 2 aliphatic carbocycles. The Bertz CT molecular complexity index is 840. The Balaban J connectivity index is 1.67. The summed E-state index contributed by atoms with van der Waals surface area (Å²) >= 11 is 0. The van der Waals surface area contributed by atoms with Gasteiger partial charge in [-0.2, -0.15) is 0 Å². The second-order valence-electron chi connectivity index (χ2n) is 10.6. The van der Waals surface area contributed by atoms with Crippen molar-refractivity contribution in [3.8, 4) is 11.5 Å². The van der Waals surface area contributed by atoms with Crippen molar-refractivity contribution in [2.45, 2.75) is 83.5 Å². The number of methoxy groups -OCH3 is 2. The highest BCUT2D eigenvalue weighted by molar-refractivity contribution is 5.32. The van der Waals surface area contributed by atoms with Crippen LogP contribution in [0.2, 0.25) is 0 Å². The molecule has 0 heterocycles. The highest BCUT2D eigenvalue weighted by Gasteiger charge is 2.42. The van der Waals surface area contributed by atoms with Crippen LogP contribution in [-0.2, 0) is 0 Å². The van der Waals surface area contributed by atoms with E-state index in [1.807, 2.05) is 0 Å². The zero-order valence-corrected chi connectivity index (χ0v) is 21.3. The molecule has 2 fully saturated rings. The van der Waals surface area contributed by atoms with Crippen molar-refractivity contribution in [2.24, 2.45) is 23.7 Å². The zero-order valence-electron chi connectivity index (χ0n) is 21.3. The van der Waals surface area contributed by atoms with Crippen LogP contribution in [0.5, 0.6) is 11.5 Å². The first kappa shape index (κ1) is 24.2. The van der Waals surface area contributed by atoms with Gasteiger partial charge in [-0.05, 0) is 109 Å². The van der Waals surface area contributed by atoms with Crippen LogP contribution in [0, 0.1) is 23.7 Å². The van der Waals surface area contributed by atoms with Gasteiger partial charge in [0.05, 0.1) is 14.2 Å². The molecule has 2 aliphatic rings. The molecule has 0 saturated heterocycles. The molecule has 0 aromatic heterocycles. The summed E-state index contributed by atoms with van der Waals surface area (Å²) < 4.78 is 10.9. The van der Waals surface area contributed by atoms with Crippen molar-refractivity contribution in [1.29, 1.82) is 0 Å². The van der Waals surface area contributed by atoms with E-state index in [9.17, 15) is 0 Å². The highest BCUT2D eigenvalue weighted by Crippen LogP contribution is 2.54. The quantitative estimate of drug-likeness (QED) is 0.402. The van der Waals surface area contributed by atoms with Gasteiger partial charge in [0.25, 0.3) is 0 Å². The first-order valence-electron chi connectivity index (χ1n) is 13.4. The van der Waals surface area contributed by atoms with E-state index in [1.165, 1.54) is 68.9 Å². The summed E-state index contributed by atoms with van der Waals surface area (Å²) in [6.07, 6.45) is 12.3. The molecule has 6 atom stereocenters. The highest BCUT2D eigenvalue weighted by atomic mass is 16.5. The van der Waals surface area contributed by atoms with Gasteiger partial charge in [-0.3, -0.25) is 0 Å². The summed E-state index contributed by atoms with van der Waals surface area (Å²) in [7, 11) is 3.53. The Kier molecular flexibility index (Phi) is 8.39. The third-order valence-electron chi connectivity index (χ3n) is 8.93. The van der Waals surface area contributed by atoms with Crippen LogP contribution < -0.4 is 9.47 Å². The molecule has 2 saturated carbocycles. The van der Waals surface area contributed by atoms with Gasteiger partial charge in [0.15, 0.2) is 0 Å². The van der Waals surface area contributed by atoms with E-state index in [1.54, 1.807) is 14.2 Å². The zero-order chi connectivity index (χ0) is 23.2. The molecule has 0 N–H and O–H groups in total. The van der Waals surface area contributed by atoms with Crippen LogP contribution >= 0.6 is 0 Å². The van der Waals surface area contributed by atoms with Crippen molar-refractivity contribution in [3.63, 3.8) is 0 Å². The van der Waals surface area contributed by atoms with Gasteiger partial charge in [0.1, 0.15) is 11.5 Å². The molecule has 0 spiro atoms. The molecule has 2 heteroatoms. The summed E-state index contributed by atoms with van der Waals surface area (Å²) in [5.74, 6) is 6.59.